The zero-order valence-corrected chi connectivity index (χ0v) is 23.5. The van der Waals surface area contributed by atoms with Gasteiger partial charge in [-0.3, -0.25) is 4.90 Å². The first-order valence-corrected chi connectivity index (χ1v) is 13.1. The van der Waals surface area contributed by atoms with Crippen molar-refractivity contribution in [3.63, 3.8) is 0 Å². The Morgan fingerprint density at radius 2 is 1.87 bits per heavy atom. The molecule has 1 aromatic heterocycles. The first-order chi connectivity index (χ1) is 18.2. The third-order valence-corrected chi connectivity index (χ3v) is 7.48. The van der Waals surface area contributed by atoms with Crippen molar-refractivity contribution < 1.29 is 27.8 Å². The van der Waals surface area contributed by atoms with Crippen molar-refractivity contribution in [1.82, 2.24) is 14.9 Å². The van der Waals surface area contributed by atoms with E-state index in [0.717, 1.165) is 39.3 Å². The van der Waals surface area contributed by atoms with E-state index in [0.29, 0.717) is 34.0 Å². The van der Waals surface area contributed by atoms with Gasteiger partial charge in [0.25, 0.3) is 0 Å². The minimum Gasteiger partial charge on any atom is -0.493 e. The molecule has 2 heterocycles. The van der Waals surface area contributed by atoms with Crippen molar-refractivity contribution in [2.45, 2.75) is 77.2 Å². The lowest BCUT2D eigenvalue weighted by atomic mass is 9.91. The molecule has 1 aliphatic rings. The van der Waals surface area contributed by atoms with Crippen molar-refractivity contribution in [3.8, 4) is 11.5 Å². The summed E-state index contributed by atoms with van der Waals surface area (Å²) in [4.78, 5) is 11.3. The average Bonchev–Trinajstić information content (AvgIpc) is 3.29. The minimum atomic E-state index is -3.79. The summed E-state index contributed by atoms with van der Waals surface area (Å²) >= 11 is 0. The van der Waals surface area contributed by atoms with Crippen molar-refractivity contribution in [1.29, 1.82) is 0 Å². The van der Waals surface area contributed by atoms with Crippen molar-refractivity contribution in [3.05, 3.63) is 53.1 Å². The van der Waals surface area contributed by atoms with Crippen LogP contribution in [0.4, 0.5) is 19.0 Å². The van der Waals surface area contributed by atoms with Crippen LogP contribution in [0.15, 0.2) is 30.3 Å². The molecule has 2 N–H and O–H groups in total. The third-order valence-electron chi connectivity index (χ3n) is 7.48. The van der Waals surface area contributed by atoms with E-state index in [1.807, 2.05) is 6.92 Å². The Balaban J connectivity index is 1.71. The number of likely N-dealkylation sites (tertiary alicyclic amines) is 1. The molecule has 3 atom stereocenters. The molecule has 2 aromatic carbocycles. The normalized spacial score (nSPS) is 18.3. The summed E-state index contributed by atoms with van der Waals surface area (Å²) in [7, 11) is 3.65. The molecular formula is C29H37F3N4O3. The number of fused-ring (bicyclic) bond motifs is 1. The number of aromatic nitrogens is 2. The number of aliphatic hydroxyl groups is 1. The van der Waals surface area contributed by atoms with Crippen LogP contribution in [-0.2, 0) is 5.92 Å². The molecule has 0 aliphatic carbocycles. The zero-order chi connectivity index (χ0) is 28.7. The fourth-order valence-electron chi connectivity index (χ4n) is 5.16. The molecule has 0 amide bonds. The number of hydrogen-bond donors (Lipinski definition) is 2. The number of alkyl halides is 2. The number of aryl methyl sites for hydroxylation is 1. The molecule has 39 heavy (non-hydrogen) atoms. The van der Waals surface area contributed by atoms with Gasteiger partial charge in [-0.2, -0.15) is 8.78 Å². The van der Waals surface area contributed by atoms with Gasteiger partial charge in [-0.05, 0) is 73.2 Å². The first-order valence-electron chi connectivity index (χ1n) is 13.1. The number of nitrogens with zero attached hydrogens (tertiary/aromatic N) is 3. The van der Waals surface area contributed by atoms with Gasteiger partial charge in [-0.1, -0.05) is 12.1 Å². The van der Waals surface area contributed by atoms with Gasteiger partial charge in [0.05, 0.1) is 24.2 Å². The van der Waals surface area contributed by atoms with Gasteiger partial charge in [0, 0.05) is 23.1 Å². The number of methoxy groups -OCH3 is 1. The number of hydrogen-bond acceptors (Lipinski definition) is 7. The molecule has 3 aromatic rings. The Kier molecular flexibility index (Phi) is 8.01. The van der Waals surface area contributed by atoms with Gasteiger partial charge < -0.3 is 19.9 Å². The molecule has 1 saturated heterocycles. The molecule has 0 radical (unpaired) electrons. The second-order valence-corrected chi connectivity index (χ2v) is 10.9. The lowest BCUT2D eigenvalue weighted by Crippen LogP contribution is -2.41. The number of ether oxygens (including phenoxy) is 2. The zero-order valence-electron chi connectivity index (χ0n) is 23.5. The first kappa shape index (κ1) is 28.9. The molecule has 0 spiro atoms. The maximum absolute atomic E-state index is 15.4. The average molecular weight is 547 g/mol. The summed E-state index contributed by atoms with van der Waals surface area (Å²) in [5.74, 6) is -2.95. The molecule has 1 fully saturated rings. The molecule has 212 valence electrons. The van der Waals surface area contributed by atoms with Crippen molar-refractivity contribution in [2.75, 3.05) is 26.0 Å². The van der Waals surface area contributed by atoms with Crippen molar-refractivity contribution >= 4 is 16.7 Å². The highest BCUT2D eigenvalue weighted by atomic mass is 19.3. The summed E-state index contributed by atoms with van der Waals surface area (Å²) in [5.41, 5.74) is -2.70. The Bertz CT molecular complexity index is 1350. The number of rotatable bonds is 9. The standard InChI is InChI=1S/C29H37F3N4O3/c1-16(19-10-8-11-21(26(19)30)29(31,32)28(4,5)37)33-27-20-14-25(39-17(2)23-12-9-13-36(23)6)24(38-7)15-22(20)34-18(3)35-27/h8,10-11,14-17,23,37H,9,12-13H2,1-7H3,(H,33,34,35)/t16-,17+,23+/m1/s1. The molecule has 1 aliphatic heterocycles. The highest BCUT2D eigenvalue weighted by Gasteiger charge is 2.49. The van der Waals surface area contributed by atoms with E-state index in [-0.39, 0.29) is 17.7 Å². The summed E-state index contributed by atoms with van der Waals surface area (Å²) in [6.07, 6.45) is 2.06. The van der Waals surface area contributed by atoms with Crippen molar-refractivity contribution in [2.24, 2.45) is 0 Å². The van der Waals surface area contributed by atoms with E-state index < -0.39 is 28.9 Å². The van der Waals surface area contributed by atoms with E-state index in [2.05, 4.69) is 27.2 Å². The number of nitrogens with one attached hydrogen (secondary N) is 1. The highest BCUT2D eigenvalue weighted by molar-refractivity contribution is 5.92. The molecular weight excluding hydrogens is 509 g/mol. The summed E-state index contributed by atoms with van der Waals surface area (Å²) in [6, 6.07) is 6.88. The largest absolute Gasteiger partial charge is 0.493 e. The summed E-state index contributed by atoms with van der Waals surface area (Å²) in [6.45, 7) is 8.35. The predicted octanol–water partition coefficient (Wildman–Crippen LogP) is 5.98. The van der Waals surface area contributed by atoms with Crippen LogP contribution < -0.4 is 14.8 Å². The highest BCUT2D eigenvalue weighted by Crippen LogP contribution is 2.42. The fraction of sp³-hybridized carbons (Fsp3) is 0.517. The molecule has 0 bridgehead atoms. The number of halogens is 3. The minimum absolute atomic E-state index is 0.0173. The second kappa shape index (κ2) is 10.8. The van der Waals surface area contributed by atoms with Crippen LogP contribution in [-0.4, -0.2) is 58.4 Å². The maximum Gasteiger partial charge on any atom is 0.303 e. The molecule has 0 saturated carbocycles. The van der Waals surface area contributed by atoms with Crippen LogP contribution in [0.25, 0.3) is 10.9 Å². The van der Waals surface area contributed by atoms with Crippen LogP contribution in [0, 0.1) is 12.7 Å². The topological polar surface area (TPSA) is 79.7 Å². The van der Waals surface area contributed by atoms with E-state index in [4.69, 9.17) is 9.47 Å². The maximum atomic E-state index is 15.4. The van der Waals surface area contributed by atoms with Gasteiger partial charge in [-0.15, -0.1) is 0 Å². The Morgan fingerprint density at radius 3 is 2.49 bits per heavy atom. The number of anilines is 1. The van der Waals surface area contributed by atoms with Gasteiger partial charge in [0.2, 0.25) is 0 Å². The smallest absolute Gasteiger partial charge is 0.303 e. The molecule has 10 heteroatoms. The van der Waals surface area contributed by atoms with Gasteiger partial charge >= 0.3 is 5.92 Å². The molecule has 4 rings (SSSR count). The van der Waals surface area contributed by atoms with Gasteiger partial charge in [0.15, 0.2) is 11.5 Å². The van der Waals surface area contributed by atoms with Crippen LogP contribution in [0.2, 0.25) is 0 Å². The molecule has 0 unspecified atom stereocenters. The Labute approximate surface area is 227 Å². The predicted molar refractivity (Wildman–Crippen MR) is 145 cm³/mol. The number of likely N-dealkylation sites (N-methyl/N-ethyl adjacent to an activating group) is 1. The van der Waals surface area contributed by atoms with E-state index in [1.54, 1.807) is 33.1 Å². The van der Waals surface area contributed by atoms with Gasteiger partial charge in [0.1, 0.15) is 29.2 Å². The monoisotopic (exact) mass is 546 g/mol. The lowest BCUT2D eigenvalue weighted by Gasteiger charge is -2.30. The van der Waals surface area contributed by atoms with Crippen LogP contribution in [0.3, 0.4) is 0 Å². The quantitative estimate of drug-likeness (QED) is 0.342. The third kappa shape index (κ3) is 5.63. The Hall–Kier alpha value is -3.11. The number of benzene rings is 2. The summed E-state index contributed by atoms with van der Waals surface area (Å²) < 4.78 is 57.1. The van der Waals surface area contributed by atoms with Crippen LogP contribution >= 0.6 is 0 Å². The SMILES string of the molecule is COc1cc2nc(C)nc(N[C@H](C)c3cccc(C(F)(F)C(C)(C)O)c3F)c2cc1O[C@@H](C)[C@@H]1CCCN1C. The Morgan fingerprint density at radius 1 is 1.15 bits per heavy atom. The second-order valence-electron chi connectivity index (χ2n) is 10.9. The van der Waals surface area contributed by atoms with Gasteiger partial charge in [-0.25, -0.2) is 14.4 Å². The fourth-order valence-corrected chi connectivity index (χ4v) is 5.16. The van der Waals surface area contributed by atoms with Crippen LogP contribution in [0.1, 0.15) is 63.5 Å². The molecule has 7 nitrogen and oxygen atoms in total. The van der Waals surface area contributed by atoms with E-state index in [1.165, 1.54) is 12.1 Å². The van der Waals surface area contributed by atoms with E-state index >= 15 is 4.39 Å². The lowest BCUT2D eigenvalue weighted by molar-refractivity contribution is -0.170. The van der Waals surface area contributed by atoms with E-state index in [9.17, 15) is 13.9 Å². The summed E-state index contributed by atoms with van der Waals surface area (Å²) in [5, 5.41) is 13.8. The van der Waals surface area contributed by atoms with Crippen LogP contribution in [0.5, 0.6) is 11.5 Å².